The number of guanidine groups is 1. The molecule has 0 aromatic carbocycles. The third-order valence-corrected chi connectivity index (χ3v) is 4.77. The van der Waals surface area contributed by atoms with Crippen molar-refractivity contribution in [3.63, 3.8) is 0 Å². The maximum Gasteiger partial charge on any atom is 0.191 e. The van der Waals surface area contributed by atoms with Crippen molar-refractivity contribution < 1.29 is 4.74 Å². The number of hydrogen-bond acceptors (Lipinski definition) is 5. The third-order valence-electron chi connectivity index (χ3n) is 4.77. The number of nitrogens with one attached hydrogen (secondary N) is 2. The zero-order chi connectivity index (χ0) is 16.5. The highest BCUT2D eigenvalue weighted by atomic mass is 16.5. The van der Waals surface area contributed by atoms with E-state index in [1.807, 2.05) is 7.05 Å². The van der Waals surface area contributed by atoms with Crippen molar-refractivity contribution >= 4 is 5.96 Å². The van der Waals surface area contributed by atoms with Crippen LogP contribution in [0.2, 0.25) is 0 Å². The van der Waals surface area contributed by atoms with E-state index < -0.39 is 0 Å². The monoisotopic (exact) mass is 326 g/mol. The Morgan fingerprint density at radius 3 is 2.43 bits per heavy atom. The van der Waals surface area contributed by atoms with Gasteiger partial charge in [0, 0.05) is 72.0 Å². The van der Waals surface area contributed by atoms with Gasteiger partial charge < -0.3 is 20.3 Å². The number of likely N-dealkylation sites (N-methyl/N-ethyl adjacent to an activating group) is 1. The molecule has 7 heteroatoms. The average molecular weight is 326 g/mol. The van der Waals surface area contributed by atoms with Gasteiger partial charge in [0.15, 0.2) is 5.96 Å². The van der Waals surface area contributed by atoms with E-state index in [0.717, 1.165) is 78.1 Å². The van der Waals surface area contributed by atoms with Gasteiger partial charge in [0.1, 0.15) is 0 Å². The summed E-state index contributed by atoms with van der Waals surface area (Å²) in [7, 11) is 4.03. The molecule has 1 unspecified atom stereocenters. The van der Waals surface area contributed by atoms with Gasteiger partial charge in [-0.05, 0) is 14.0 Å². The summed E-state index contributed by atoms with van der Waals surface area (Å²) in [6, 6.07) is 0.529. The molecule has 2 saturated heterocycles. The quantitative estimate of drug-likeness (QED) is 0.488. The lowest BCUT2D eigenvalue weighted by Gasteiger charge is -2.36. The number of ether oxygens (including phenoxy) is 1. The van der Waals surface area contributed by atoms with E-state index in [1.54, 1.807) is 0 Å². The third kappa shape index (κ3) is 6.63. The molecule has 2 aliphatic rings. The van der Waals surface area contributed by atoms with Gasteiger partial charge in [-0.3, -0.25) is 14.8 Å². The van der Waals surface area contributed by atoms with Crippen LogP contribution in [0.4, 0.5) is 0 Å². The maximum absolute atomic E-state index is 5.37. The Bertz CT molecular complexity index is 350. The van der Waals surface area contributed by atoms with Crippen molar-refractivity contribution in [3.8, 4) is 0 Å². The van der Waals surface area contributed by atoms with Crippen molar-refractivity contribution in [3.05, 3.63) is 0 Å². The Morgan fingerprint density at radius 1 is 1.09 bits per heavy atom. The van der Waals surface area contributed by atoms with Crippen molar-refractivity contribution in [1.82, 2.24) is 25.3 Å². The molecule has 0 aromatic heterocycles. The van der Waals surface area contributed by atoms with Crippen LogP contribution < -0.4 is 10.6 Å². The summed E-state index contributed by atoms with van der Waals surface area (Å²) in [5, 5.41) is 6.87. The lowest BCUT2D eigenvalue weighted by Crippen LogP contribution is -2.52. The predicted molar refractivity (Wildman–Crippen MR) is 95.2 cm³/mol. The molecule has 1 atom stereocenters. The standard InChI is InChI=1S/C16H34N6O/c1-15(22-8-6-20(3)7-9-22)14-19-16(17-2)18-4-5-21-10-12-23-13-11-21/h15H,4-14H2,1-3H3,(H2,17,18,19). The fourth-order valence-electron chi connectivity index (χ4n) is 3.01. The van der Waals surface area contributed by atoms with Gasteiger partial charge >= 0.3 is 0 Å². The highest BCUT2D eigenvalue weighted by molar-refractivity contribution is 5.79. The fourth-order valence-corrected chi connectivity index (χ4v) is 3.01. The smallest absolute Gasteiger partial charge is 0.191 e. The van der Waals surface area contributed by atoms with E-state index >= 15 is 0 Å². The number of piperazine rings is 1. The van der Waals surface area contributed by atoms with E-state index in [-0.39, 0.29) is 0 Å². The number of morpholine rings is 1. The first-order valence-electron chi connectivity index (χ1n) is 8.86. The zero-order valence-electron chi connectivity index (χ0n) is 15.1. The highest BCUT2D eigenvalue weighted by Crippen LogP contribution is 2.03. The van der Waals surface area contributed by atoms with Gasteiger partial charge in [-0.2, -0.15) is 0 Å². The van der Waals surface area contributed by atoms with Crippen LogP contribution in [0.1, 0.15) is 6.92 Å². The Labute approximate surface area is 141 Å². The first-order chi connectivity index (χ1) is 11.2. The molecule has 2 N–H and O–H groups in total. The SMILES string of the molecule is CN=C(NCCN1CCOCC1)NCC(C)N1CCN(C)CC1. The molecule has 2 aliphatic heterocycles. The summed E-state index contributed by atoms with van der Waals surface area (Å²) in [4.78, 5) is 11.7. The molecule has 2 heterocycles. The molecular formula is C16H34N6O. The Morgan fingerprint density at radius 2 is 1.78 bits per heavy atom. The van der Waals surface area contributed by atoms with Crippen molar-refractivity contribution in [1.29, 1.82) is 0 Å². The van der Waals surface area contributed by atoms with Crippen LogP contribution in [-0.4, -0.2) is 113 Å². The van der Waals surface area contributed by atoms with Crippen LogP contribution in [0.15, 0.2) is 4.99 Å². The van der Waals surface area contributed by atoms with Gasteiger partial charge in [0.25, 0.3) is 0 Å². The van der Waals surface area contributed by atoms with Crippen LogP contribution in [0.25, 0.3) is 0 Å². The van der Waals surface area contributed by atoms with Gasteiger partial charge in [0.05, 0.1) is 13.2 Å². The minimum atomic E-state index is 0.529. The zero-order valence-corrected chi connectivity index (χ0v) is 15.1. The van der Waals surface area contributed by atoms with Crippen LogP contribution in [-0.2, 0) is 4.74 Å². The van der Waals surface area contributed by atoms with Gasteiger partial charge in [-0.25, -0.2) is 0 Å². The predicted octanol–water partition coefficient (Wildman–Crippen LogP) is -0.880. The summed E-state index contributed by atoms with van der Waals surface area (Å²) in [6.07, 6.45) is 0. The molecule has 134 valence electrons. The van der Waals surface area contributed by atoms with E-state index in [1.165, 1.54) is 0 Å². The molecule has 0 amide bonds. The molecule has 7 nitrogen and oxygen atoms in total. The molecule has 23 heavy (non-hydrogen) atoms. The molecule has 0 spiro atoms. The number of rotatable bonds is 6. The largest absolute Gasteiger partial charge is 0.379 e. The van der Waals surface area contributed by atoms with Gasteiger partial charge in [0.2, 0.25) is 0 Å². The summed E-state index contributed by atoms with van der Waals surface area (Å²) < 4.78 is 5.37. The van der Waals surface area contributed by atoms with E-state index in [0.29, 0.717) is 6.04 Å². The summed E-state index contributed by atoms with van der Waals surface area (Å²) >= 11 is 0. The molecule has 0 aliphatic carbocycles. The summed E-state index contributed by atoms with van der Waals surface area (Å²) in [5.41, 5.74) is 0. The van der Waals surface area contributed by atoms with E-state index in [4.69, 9.17) is 4.74 Å². The fraction of sp³-hybridized carbons (Fsp3) is 0.938. The van der Waals surface area contributed by atoms with E-state index in [9.17, 15) is 0 Å². The Balaban J connectivity index is 1.60. The lowest BCUT2D eigenvalue weighted by atomic mass is 10.2. The Hall–Kier alpha value is -0.890. The first kappa shape index (κ1) is 18.4. The topological polar surface area (TPSA) is 55.4 Å². The molecule has 0 aromatic rings. The highest BCUT2D eigenvalue weighted by Gasteiger charge is 2.19. The molecule has 0 bridgehead atoms. The van der Waals surface area contributed by atoms with E-state index in [2.05, 4.69) is 44.3 Å². The number of aliphatic imine (C=N–C) groups is 1. The van der Waals surface area contributed by atoms with Crippen molar-refractivity contribution in [2.24, 2.45) is 4.99 Å². The normalized spacial score (nSPS) is 23.7. The van der Waals surface area contributed by atoms with Crippen LogP contribution in [0.3, 0.4) is 0 Å². The molecule has 2 fully saturated rings. The Kier molecular flexibility index (Phi) is 8.08. The summed E-state index contributed by atoms with van der Waals surface area (Å²) in [6.45, 7) is 13.6. The number of hydrogen-bond donors (Lipinski definition) is 2. The second-order valence-electron chi connectivity index (χ2n) is 6.52. The minimum Gasteiger partial charge on any atom is -0.379 e. The first-order valence-corrected chi connectivity index (χ1v) is 8.86. The average Bonchev–Trinajstić information content (AvgIpc) is 2.59. The molecular weight excluding hydrogens is 292 g/mol. The second-order valence-corrected chi connectivity index (χ2v) is 6.52. The molecule has 0 saturated carbocycles. The van der Waals surface area contributed by atoms with Crippen LogP contribution in [0, 0.1) is 0 Å². The summed E-state index contributed by atoms with van der Waals surface area (Å²) in [5.74, 6) is 0.902. The molecule has 0 radical (unpaired) electrons. The van der Waals surface area contributed by atoms with Crippen LogP contribution >= 0.6 is 0 Å². The van der Waals surface area contributed by atoms with Crippen molar-refractivity contribution in [2.45, 2.75) is 13.0 Å². The van der Waals surface area contributed by atoms with Crippen LogP contribution in [0.5, 0.6) is 0 Å². The maximum atomic E-state index is 5.37. The number of nitrogens with zero attached hydrogens (tertiary/aromatic N) is 4. The van der Waals surface area contributed by atoms with Crippen molar-refractivity contribution in [2.75, 3.05) is 86.2 Å². The minimum absolute atomic E-state index is 0.529. The second kappa shape index (κ2) is 10.1. The van der Waals surface area contributed by atoms with Gasteiger partial charge in [-0.1, -0.05) is 0 Å². The molecule has 2 rings (SSSR count). The lowest BCUT2D eigenvalue weighted by molar-refractivity contribution is 0.0389. The van der Waals surface area contributed by atoms with Gasteiger partial charge in [-0.15, -0.1) is 0 Å².